The Kier molecular flexibility index (Phi) is 3.88. The van der Waals surface area contributed by atoms with Crippen molar-refractivity contribution in [3.05, 3.63) is 23.2 Å². The van der Waals surface area contributed by atoms with Crippen molar-refractivity contribution < 1.29 is 9.53 Å². The number of ether oxygens (including phenoxy) is 1. The largest absolute Gasteiger partial charge is 0.495 e. The zero-order valence-electron chi connectivity index (χ0n) is 11.7. The van der Waals surface area contributed by atoms with Crippen molar-refractivity contribution in [2.24, 2.45) is 17.8 Å². The van der Waals surface area contributed by atoms with E-state index in [0.717, 1.165) is 11.8 Å². The fraction of sp³-hybridized carbons (Fsp3) is 0.562. The van der Waals surface area contributed by atoms with E-state index in [0.29, 0.717) is 28.8 Å². The third-order valence-corrected chi connectivity index (χ3v) is 5.00. The van der Waals surface area contributed by atoms with Crippen molar-refractivity contribution in [1.29, 1.82) is 0 Å². The molecule has 108 valence electrons. The fourth-order valence-electron chi connectivity index (χ4n) is 3.84. The summed E-state index contributed by atoms with van der Waals surface area (Å²) >= 11 is 5.97. The van der Waals surface area contributed by atoms with E-state index in [1.807, 2.05) is 0 Å². The fourth-order valence-corrected chi connectivity index (χ4v) is 4.02. The molecule has 1 N–H and O–H groups in total. The molecule has 4 heteroatoms. The van der Waals surface area contributed by atoms with E-state index in [1.165, 1.54) is 25.7 Å². The normalized spacial score (nSPS) is 27.6. The summed E-state index contributed by atoms with van der Waals surface area (Å²) < 4.78 is 5.25. The number of benzene rings is 1. The van der Waals surface area contributed by atoms with Gasteiger partial charge in [0.1, 0.15) is 5.75 Å². The minimum Gasteiger partial charge on any atom is -0.495 e. The molecule has 0 spiro atoms. The van der Waals surface area contributed by atoms with Crippen LogP contribution >= 0.6 is 11.6 Å². The lowest BCUT2D eigenvalue weighted by Crippen LogP contribution is -2.20. The number of rotatable bonds is 4. The van der Waals surface area contributed by atoms with Crippen LogP contribution in [0.3, 0.4) is 0 Å². The third kappa shape index (κ3) is 2.78. The maximum absolute atomic E-state index is 12.2. The van der Waals surface area contributed by atoms with Crippen LogP contribution in [0.1, 0.15) is 32.1 Å². The Morgan fingerprint density at radius 1 is 1.40 bits per heavy atom. The number of fused-ring (bicyclic) bond motifs is 2. The van der Waals surface area contributed by atoms with Gasteiger partial charge in [-0.1, -0.05) is 18.0 Å². The molecule has 3 atom stereocenters. The first-order chi connectivity index (χ1) is 9.65. The second-order valence-corrected chi connectivity index (χ2v) is 6.47. The van der Waals surface area contributed by atoms with Crippen LogP contribution in [0.5, 0.6) is 5.75 Å². The first-order valence-electron chi connectivity index (χ1n) is 7.29. The number of hydrogen-bond donors (Lipinski definition) is 1. The predicted molar refractivity (Wildman–Crippen MR) is 80.2 cm³/mol. The molecule has 1 aromatic carbocycles. The average molecular weight is 294 g/mol. The second-order valence-electron chi connectivity index (χ2n) is 6.03. The molecule has 20 heavy (non-hydrogen) atoms. The maximum Gasteiger partial charge on any atom is 0.224 e. The smallest absolute Gasteiger partial charge is 0.224 e. The highest BCUT2D eigenvalue weighted by atomic mass is 35.5. The van der Waals surface area contributed by atoms with Gasteiger partial charge in [-0.05, 0) is 55.2 Å². The van der Waals surface area contributed by atoms with Crippen LogP contribution in [-0.4, -0.2) is 13.0 Å². The Labute approximate surface area is 124 Å². The highest BCUT2D eigenvalue weighted by Crippen LogP contribution is 2.49. The van der Waals surface area contributed by atoms with Gasteiger partial charge >= 0.3 is 0 Å². The van der Waals surface area contributed by atoms with Crippen molar-refractivity contribution in [3.63, 3.8) is 0 Å². The van der Waals surface area contributed by atoms with Gasteiger partial charge in [0.15, 0.2) is 0 Å². The minimum atomic E-state index is 0.0723. The minimum absolute atomic E-state index is 0.0723. The van der Waals surface area contributed by atoms with Gasteiger partial charge in [0.05, 0.1) is 12.8 Å². The summed E-state index contributed by atoms with van der Waals surface area (Å²) in [6.07, 6.45) is 5.86. The summed E-state index contributed by atoms with van der Waals surface area (Å²) in [6.45, 7) is 0. The molecule has 2 bridgehead atoms. The van der Waals surface area contributed by atoms with E-state index in [2.05, 4.69) is 5.32 Å². The molecule has 0 saturated heterocycles. The molecule has 2 aliphatic carbocycles. The third-order valence-electron chi connectivity index (χ3n) is 4.77. The predicted octanol–water partition coefficient (Wildman–Crippen LogP) is 4.11. The lowest BCUT2D eigenvalue weighted by Gasteiger charge is -2.21. The molecule has 1 amide bonds. The van der Waals surface area contributed by atoms with E-state index in [4.69, 9.17) is 16.3 Å². The van der Waals surface area contributed by atoms with Gasteiger partial charge in [-0.15, -0.1) is 0 Å². The van der Waals surface area contributed by atoms with Crippen LogP contribution in [0, 0.1) is 17.8 Å². The van der Waals surface area contributed by atoms with Crippen LogP contribution < -0.4 is 10.1 Å². The lowest BCUT2D eigenvalue weighted by molar-refractivity contribution is -0.117. The van der Waals surface area contributed by atoms with Crippen LogP contribution in [0.4, 0.5) is 5.69 Å². The first kappa shape index (κ1) is 13.7. The highest BCUT2D eigenvalue weighted by Gasteiger charge is 2.40. The van der Waals surface area contributed by atoms with E-state index in [1.54, 1.807) is 25.3 Å². The number of nitrogens with one attached hydrogen (secondary N) is 1. The van der Waals surface area contributed by atoms with Crippen LogP contribution in [-0.2, 0) is 4.79 Å². The summed E-state index contributed by atoms with van der Waals surface area (Å²) in [5, 5.41) is 3.54. The van der Waals surface area contributed by atoms with Gasteiger partial charge in [0.2, 0.25) is 5.91 Å². The molecule has 3 rings (SSSR count). The van der Waals surface area contributed by atoms with Crippen LogP contribution in [0.25, 0.3) is 0 Å². The van der Waals surface area contributed by atoms with E-state index < -0.39 is 0 Å². The Bertz CT molecular complexity index is 517. The van der Waals surface area contributed by atoms with Gasteiger partial charge in [-0.25, -0.2) is 0 Å². The molecule has 0 aromatic heterocycles. The van der Waals surface area contributed by atoms with Crippen molar-refractivity contribution in [2.75, 3.05) is 12.4 Å². The standard InChI is InChI=1S/C16H20ClNO2/c1-20-15-5-4-13(17)9-14(15)18-16(19)8-12-7-10-2-3-11(12)6-10/h4-5,9-12H,2-3,6-8H2,1H3,(H,18,19)/t10-,11-,12+/m0/s1. The topological polar surface area (TPSA) is 38.3 Å². The monoisotopic (exact) mass is 293 g/mol. The summed E-state index contributed by atoms with van der Waals surface area (Å²) in [5.74, 6) is 2.93. The highest BCUT2D eigenvalue weighted by molar-refractivity contribution is 6.31. The van der Waals surface area contributed by atoms with Crippen molar-refractivity contribution in [2.45, 2.75) is 32.1 Å². The summed E-state index contributed by atoms with van der Waals surface area (Å²) in [4.78, 5) is 12.2. The summed E-state index contributed by atoms with van der Waals surface area (Å²) in [7, 11) is 1.59. The molecule has 2 saturated carbocycles. The molecule has 0 heterocycles. The van der Waals surface area contributed by atoms with Gasteiger partial charge in [-0.2, -0.15) is 0 Å². The summed E-state index contributed by atoms with van der Waals surface area (Å²) in [5.41, 5.74) is 0.660. The number of methoxy groups -OCH3 is 1. The number of amides is 1. The molecule has 2 fully saturated rings. The van der Waals surface area contributed by atoms with Crippen molar-refractivity contribution in [3.8, 4) is 5.75 Å². The quantitative estimate of drug-likeness (QED) is 0.907. The average Bonchev–Trinajstić information content (AvgIpc) is 3.01. The van der Waals surface area contributed by atoms with Gasteiger partial charge in [0, 0.05) is 11.4 Å². The number of carbonyl (C=O) groups excluding carboxylic acids is 1. The van der Waals surface area contributed by atoms with Gasteiger partial charge in [0.25, 0.3) is 0 Å². The van der Waals surface area contributed by atoms with Crippen LogP contribution in [0.2, 0.25) is 5.02 Å². The molecular weight excluding hydrogens is 274 g/mol. The first-order valence-corrected chi connectivity index (χ1v) is 7.67. The maximum atomic E-state index is 12.2. The number of halogens is 1. The number of carbonyl (C=O) groups is 1. The Morgan fingerprint density at radius 2 is 2.25 bits per heavy atom. The molecule has 0 radical (unpaired) electrons. The van der Waals surface area contributed by atoms with E-state index in [9.17, 15) is 4.79 Å². The van der Waals surface area contributed by atoms with Crippen molar-refractivity contribution in [1.82, 2.24) is 0 Å². The molecule has 0 unspecified atom stereocenters. The zero-order valence-corrected chi connectivity index (χ0v) is 12.5. The molecule has 0 aliphatic heterocycles. The van der Waals surface area contributed by atoms with Gasteiger partial charge in [-0.3, -0.25) is 4.79 Å². The molecular formula is C16H20ClNO2. The van der Waals surface area contributed by atoms with Gasteiger partial charge < -0.3 is 10.1 Å². The van der Waals surface area contributed by atoms with Crippen LogP contribution in [0.15, 0.2) is 18.2 Å². The Hall–Kier alpha value is -1.22. The SMILES string of the molecule is COc1ccc(Cl)cc1NC(=O)C[C@H]1C[C@H]2CC[C@H]1C2. The molecule has 3 nitrogen and oxygen atoms in total. The molecule has 2 aliphatic rings. The lowest BCUT2D eigenvalue weighted by atomic mass is 9.86. The van der Waals surface area contributed by atoms with E-state index in [-0.39, 0.29) is 5.91 Å². The number of anilines is 1. The van der Waals surface area contributed by atoms with Crippen molar-refractivity contribution >= 4 is 23.2 Å². The molecule has 1 aromatic rings. The number of hydrogen-bond acceptors (Lipinski definition) is 2. The second kappa shape index (κ2) is 5.65. The van der Waals surface area contributed by atoms with E-state index >= 15 is 0 Å². The summed E-state index contributed by atoms with van der Waals surface area (Å²) in [6, 6.07) is 5.26. The Balaban J connectivity index is 1.63. The Morgan fingerprint density at radius 3 is 2.90 bits per heavy atom. The zero-order chi connectivity index (χ0) is 14.1.